The Morgan fingerprint density at radius 3 is 2.42 bits per heavy atom. The smallest absolute Gasteiger partial charge is 0.267 e. The summed E-state index contributed by atoms with van der Waals surface area (Å²) in [5, 5.41) is 0. The van der Waals surface area contributed by atoms with Gasteiger partial charge in [-0.25, -0.2) is 8.42 Å². The highest BCUT2D eigenvalue weighted by Gasteiger charge is 2.46. The number of thiocarbonyl (C=S) groups is 1. The van der Waals surface area contributed by atoms with Crippen molar-refractivity contribution in [3.8, 4) is 0 Å². The van der Waals surface area contributed by atoms with Gasteiger partial charge < -0.3 is 4.90 Å². The van der Waals surface area contributed by atoms with E-state index in [-0.39, 0.29) is 28.2 Å². The number of nitrogens with zero attached hydrogens (tertiary/aromatic N) is 2. The third-order valence-electron chi connectivity index (χ3n) is 5.71. The fraction of sp³-hybridized carbons (Fsp3) is 0.227. The molecule has 2 fully saturated rings. The van der Waals surface area contributed by atoms with Gasteiger partial charge in [-0.3, -0.25) is 14.5 Å². The highest BCUT2D eigenvalue weighted by molar-refractivity contribution is 8.26. The Morgan fingerprint density at radius 1 is 1.00 bits per heavy atom. The zero-order valence-corrected chi connectivity index (χ0v) is 18.8. The minimum Gasteiger partial charge on any atom is -0.303 e. The molecule has 0 saturated carbocycles. The lowest BCUT2D eigenvalue weighted by molar-refractivity contribution is -0.123. The molecular formula is C22H18N2O4S3. The van der Waals surface area contributed by atoms with Crippen LogP contribution < -0.4 is 4.90 Å². The van der Waals surface area contributed by atoms with E-state index in [0.717, 1.165) is 23.0 Å². The number of carbonyl (C=O) groups excluding carboxylic acids is 2. The lowest BCUT2D eigenvalue weighted by Crippen LogP contribution is -2.39. The molecule has 0 unspecified atom stereocenters. The highest BCUT2D eigenvalue weighted by atomic mass is 32.2. The number of sulfone groups is 1. The van der Waals surface area contributed by atoms with Crippen LogP contribution >= 0.6 is 24.0 Å². The van der Waals surface area contributed by atoms with Crippen molar-refractivity contribution in [1.82, 2.24) is 4.90 Å². The van der Waals surface area contributed by atoms with E-state index in [4.69, 9.17) is 12.2 Å². The molecule has 2 aromatic carbocycles. The van der Waals surface area contributed by atoms with Crippen molar-refractivity contribution in [2.24, 2.45) is 0 Å². The third-order valence-corrected chi connectivity index (χ3v) is 8.86. The Morgan fingerprint density at radius 2 is 1.71 bits per heavy atom. The SMILES string of the molecule is O=C1/C(=C2\SC(=S)N([C@H]3CCS(=O)(=O)C3)C2=O)c2ccccc2N1Cc1ccccc1. The van der Waals surface area contributed by atoms with Gasteiger partial charge in [-0.15, -0.1) is 0 Å². The number of benzene rings is 2. The molecule has 1 atom stereocenters. The van der Waals surface area contributed by atoms with Gasteiger partial charge in [-0.1, -0.05) is 72.5 Å². The summed E-state index contributed by atoms with van der Waals surface area (Å²) in [6, 6.07) is 16.6. The fourth-order valence-corrected chi connectivity index (χ4v) is 7.42. The molecular weight excluding hydrogens is 452 g/mol. The molecule has 2 saturated heterocycles. The molecule has 31 heavy (non-hydrogen) atoms. The molecule has 0 radical (unpaired) electrons. The van der Waals surface area contributed by atoms with Crippen LogP contribution in [-0.4, -0.2) is 47.0 Å². The molecule has 3 aliphatic heterocycles. The Hall–Kier alpha value is -2.49. The number of anilines is 1. The molecule has 0 aromatic heterocycles. The number of hydrogen-bond donors (Lipinski definition) is 0. The van der Waals surface area contributed by atoms with Crippen LogP contribution in [0.3, 0.4) is 0 Å². The molecule has 0 bridgehead atoms. The normalized spacial score (nSPS) is 24.9. The van der Waals surface area contributed by atoms with E-state index in [0.29, 0.717) is 28.4 Å². The molecule has 0 N–H and O–H groups in total. The first-order valence-electron chi connectivity index (χ1n) is 9.81. The predicted molar refractivity (Wildman–Crippen MR) is 125 cm³/mol. The van der Waals surface area contributed by atoms with Crippen LogP contribution in [0.5, 0.6) is 0 Å². The Kier molecular flexibility index (Phi) is 4.99. The van der Waals surface area contributed by atoms with Crippen molar-refractivity contribution < 1.29 is 18.0 Å². The Bertz CT molecular complexity index is 1250. The number of hydrogen-bond acceptors (Lipinski definition) is 6. The molecule has 0 aliphatic carbocycles. The number of para-hydroxylation sites is 1. The zero-order valence-electron chi connectivity index (χ0n) is 16.4. The van der Waals surface area contributed by atoms with Gasteiger partial charge in [0.15, 0.2) is 9.84 Å². The fourth-order valence-electron chi connectivity index (χ4n) is 4.25. The van der Waals surface area contributed by atoms with Gasteiger partial charge in [0.2, 0.25) is 0 Å². The van der Waals surface area contributed by atoms with Gasteiger partial charge in [-0.2, -0.15) is 0 Å². The number of thioether (sulfide) groups is 1. The Balaban J connectivity index is 1.54. The summed E-state index contributed by atoms with van der Waals surface area (Å²) in [4.78, 5) is 30.1. The van der Waals surface area contributed by atoms with E-state index in [1.165, 1.54) is 4.90 Å². The molecule has 2 amide bonds. The van der Waals surface area contributed by atoms with Crippen molar-refractivity contribution >= 4 is 61.2 Å². The van der Waals surface area contributed by atoms with Crippen molar-refractivity contribution in [2.45, 2.75) is 19.0 Å². The molecule has 3 heterocycles. The van der Waals surface area contributed by atoms with Crippen LogP contribution in [0.4, 0.5) is 5.69 Å². The molecule has 3 aliphatic rings. The predicted octanol–water partition coefficient (Wildman–Crippen LogP) is 2.99. The second kappa shape index (κ2) is 7.58. The second-order valence-electron chi connectivity index (χ2n) is 7.70. The van der Waals surface area contributed by atoms with Crippen LogP contribution in [-0.2, 0) is 26.0 Å². The van der Waals surface area contributed by atoms with Crippen molar-refractivity contribution in [3.05, 3.63) is 70.6 Å². The lowest BCUT2D eigenvalue weighted by Gasteiger charge is -2.21. The number of amides is 2. The lowest BCUT2D eigenvalue weighted by atomic mass is 10.1. The third kappa shape index (κ3) is 3.50. The van der Waals surface area contributed by atoms with Crippen LogP contribution in [0.15, 0.2) is 59.5 Å². The van der Waals surface area contributed by atoms with Crippen LogP contribution in [0.1, 0.15) is 17.5 Å². The zero-order chi connectivity index (χ0) is 21.8. The second-order valence-corrected chi connectivity index (χ2v) is 11.6. The van der Waals surface area contributed by atoms with Crippen LogP contribution in [0.2, 0.25) is 0 Å². The molecule has 6 nitrogen and oxygen atoms in total. The molecule has 158 valence electrons. The van der Waals surface area contributed by atoms with Gasteiger partial charge in [-0.05, 0) is 18.1 Å². The molecule has 0 spiro atoms. The van der Waals surface area contributed by atoms with E-state index in [1.54, 1.807) is 4.90 Å². The first-order chi connectivity index (χ1) is 14.9. The maximum absolute atomic E-state index is 13.5. The van der Waals surface area contributed by atoms with Crippen molar-refractivity contribution in [1.29, 1.82) is 0 Å². The minimum atomic E-state index is -3.17. The molecule has 9 heteroatoms. The molecule has 2 aromatic rings. The van der Waals surface area contributed by atoms with E-state index in [9.17, 15) is 18.0 Å². The average Bonchev–Trinajstić information content (AvgIpc) is 3.34. The van der Waals surface area contributed by atoms with Gasteiger partial charge in [0.1, 0.15) is 4.32 Å². The largest absolute Gasteiger partial charge is 0.303 e. The number of carbonyl (C=O) groups is 2. The van der Waals surface area contributed by atoms with E-state index < -0.39 is 15.9 Å². The first-order valence-corrected chi connectivity index (χ1v) is 12.9. The maximum Gasteiger partial charge on any atom is 0.267 e. The summed E-state index contributed by atoms with van der Waals surface area (Å²) in [6.07, 6.45) is 0.363. The van der Waals surface area contributed by atoms with E-state index >= 15 is 0 Å². The summed E-state index contributed by atoms with van der Waals surface area (Å²) in [5.41, 5.74) is 2.77. The van der Waals surface area contributed by atoms with Crippen LogP contribution in [0, 0.1) is 0 Å². The van der Waals surface area contributed by atoms with Crippen molar-refractivity contribution in [2.75, 3.05) is 16.4 Å². The topological polar surface area (TPSA) is 74.8 Å². The number of fused-ring (bicyclic) bond motifs is 1. The van der Waals surface area contributed by atoms with Crippen LogP contribution in [0.25, 0.3) is 5.57 Å². The monoisotopic (exact) mass is 470 g/mol. The molecule has 5 rings (SSSR count). The van der Waals surface area contributed by atoms with Gasteiger partial charge in [0.25, 0.3) is 11.8 Å². The standard InChI is InChI=1S/C22H18N2O4S3/c25-20-18(19-21(26)24(22(29)30-19)15-10-11-31(27,28)13-15)16-8-4-5-9-17(16)23(20)12-14-6-2-1-3-7-14/h1-9,15H,10-13H2/b19-18-/t15-/m0/s1. The van der Waals surface area contributed by atoms with Gasteiger partial charge >= 0.3 is 0 Å². The van der Waals surface area contributed by atoms with Crippen molar-refractivity contribution in [3.63, 3.8) is 0 Å². The van der Waals surface area contributed by atoms with E-state index in [2.05, 4.69) is 0 Å². The average molecular weight is 471 g/mol. The highest BCUT2D eigenvalue weighted by Crippen LogP contribution is 2.46. The van der Waals surface area contributed by atoms with Gasteiger partial charge in [0.05, 0.1) is 40.3 Å². The summed E-state index contributed by atoms with van der Waals surface area (Å²) >= 11 is 6.51. The number of rotatable bonds is 3. The minimum absolute atomic E-state index is 0.0489. The Labute approximate surface area is 189 Å². The summed E-state index contributed by atoms with van der Waals surface area (Å²) < 4.78 is 24.1. The van der Waals surface area contributed by atoms with E-state index in [1.807, 2.05) is 54.6 Å². The quantitative estimate of drug-likeness (QED) is 0.507. The summed E-state index contributed by atoms with van der Waals surface area (Å²) in [6.45, 7) is 0.390. The first kappa shape index (κ1) is 20.4. The maximum atomic E-state index is 13.5. The summed E-state index contributed by atoms with van der Waals surface area (Å²) in [7, 11) is -3.17. The van der Waals surface area contributed by atoms with Gasteiger partial charge in [0, 0.05) is 5.56 Å². The summed E-state index contributed by atoms with van der Waals surface area (Å²) in [5.74, 6) is -0.665.